The van der Waals surface area contributed by atoms with Crippen LogP contribution in [0.3, 0.4) is 0 Å². The van der Waals surface area contributed by atoms with Crippen LogP contribution in [0.4, 0.5) is 0 Å². The second kappa shape index (κ2) is 7.95. The second-order valence-corrected chi connectivity index (χ2v) is 2.47. The lowest BCUT2D eigenvalue weighted by molar-refractivity contribution is 0.270. The molecule has 9 heavy (non-hydrogen) atoms. The molecule has 0 aromatic carbocycles. The van der Waals surface area contributed by atoms with Crippen molar-refractivity contribution < 1.29 is 9.53 Å². The molecule has 1 radical (unpaired) electrons. The van der Waals surface area contributed by atoms with Crippen molar-refractivity contribution in [3.8, 4) is 0 Å². The number of carbonyl (C=O) groups excluding carboxylic acids is 1. The van der Waals surface area contributed by atoms with Gasteiger partial charge in [0, 0.05) is 5.33 Å². The van der Waals surface area contributed by atoms with E-state index in [0.29, 0.717) is 6.61 Å². The Kier molecular flexibility index (Phi) is 7.91. The third-order valence-corrected chi connectivity index (χ3v) is 1.50. The highest BCUT2D eigenvalue weighted by Gasteiger charge is 1.86. The second-order valence-electron chi connectivity index (χ2n) is 1.68. The minimum atomic E-state index is 0.510. The van der Waals surface area contributed by atoms with Crippen molar-refractivity contribution in [1.82, 2.24) is 0 Å². The normalized spacial score (nSPS) is 9.00. The van der Waals surface area contributed by atoms with Gasteiger partial charge in [-0.1, -0.05) is 15.9 Å². The standard InChI is InChI=1S/C6H10BrO2/c7-4-2-1-3-5-9-6-8/h1-5H2. The number of hydrogen-bond donors (Lipinski definition) is 0. The fourth-order valence-electron chi connectivity index (χ4n) is 0.487. The van der Waals surface area contributed by atoms with E-state index < -0.39 is 0 Å². The molecule has 0 saturated heterocycles. The molecule has 0 fully saturated rings. The van der Waals surface area contributed by atoms with Crippen LogP contribution >= 0.6 is 15.9 Å². The summed E-state index contributed by atoms with van der Waals surface area (Å²) in [6, 6.07) is 0. The maximum Gasteiger partial charge on any atom is 0.417 e. The summed E-state index contributed by atoms with van der Waals surface area (Å²) in [5, 5.41) is 1.03. The molecule has 0 amide bonds. The van der Waals surface area contributed by atoms with E-state index in [1.165, 1.54) is 6.47 Å². The monoisotopic (exact) mass is 193 g/mol. The van der Waals surface area contributed by atoms with Gasteiger partial charge in [0.1, 0.15) is 0 Å². The Bertz CT molecular complexity index is 66.1. The molecule has 0 unspecified atom stereocenters. The van der Waals surface area contributed by atoms with E-state index >= 15 is 0 Å². The number of rotatable bonds is 6. The molecule has 0 aromatic heterocycles. The molecule has 0 saturated carbocycles. The first kappa shape index (κ1) is 8.95. The fraction of sp³-hybridized carbons (Fsp3) is 0.833. The zero-order chi connectivity index (χ0) is 6.95. The van der Waals surface area contributed by atoms with Gasteiger partial charge in [0.2, 0.25) is 0 Å². The quantitative estimate of drug-likeness (QED) is 0.474. The molecule has 0 heterocycles. The summed E-state index contributed by atoms with van der Waals surface area (Å²) in [6.45, 7) is 1.89. The topological polar surface area (TPSA) is 26.3 Å². The first-order valence-electron chi connectivity index (χ1n) is 2.96. The van der Waals surface area contributed by atoms with Crippen LogP contribution in [0.1, 0.15) is 19.3 Å². The van der Waals surface area contributed by atoms with E-state index in [2.05, 4.69) is 20.7 Å². The van der Waals surface area contributed by atoms with Crippen molar-refractivity contribution in [3.63, 3.8) is 0 Å². The summed E-state index contributed by atoms with van der Waals surface area (Å²) in [6.07, 6.45) is 3.19. The van der Waals surface area contributed by atoms with E-state index in [1.807, 2.05) is 0 Å². The smallest absolute Gasteiger partial charge is 0.417 e. The van der Waals surface area contributed by atoms with Crippen molar-refractivity contribution in [2.24, 2.45) is 0 Å². The number of hydrogen-bond acceptors (Lipinski definition) is 2. The molecule has 2 nitrogen and oxygen atoms in total. The van der Waals surface area contributed by atoms with Gasteiger partial charge < -0.3 is 4.74 Å². The van der Waals surface area contributed by atoms with Gasteiger partial charge in [-0.05, 0) is 19.3 Å². The fourth-order valence-corrected chi connectivity index (χ4v) is 0.884. The van der Waals surface area contributed by atoms with E-state index in [0.717, 1.165) is 24.6 Å². The van der Waals surface area contributed by atoms with Crippen molar-refractivity contribution in [1.29, 1.82) is 0 Å². The molecule has 53 valence electrons. The van der Waals surface area contributed by atoms with Crippen molar-refractivity contribution in [3.05, 3.63) is 0 Å². The molecular weight excluding hydrogens is 184 g/mol. The Hall–Kier alpha value is -0.0500. The molecular formula is C6H10BrO2. The summed E-state index contributed by atoms with van der Waals surface area (Å²) in [4.78, 5) is 9.48. The molecule has 0 N–H and O–H groups in total. The van der Waals surface area contributed by atoms with Crippen LogP contribution in [-0.4, -0.2) is 18.4 Å². The van der Waals surface area contributed by atoms with E-state index in [1.54, 1.807) is 0 Å². The molecule has 0 aliphatic heterocycles. The lowest BCUT2D eigenvalue weighted by atomic mass is 10.3. The van der Waals surface area contributed by atoms with Crippen LogP contribution in [0.2, 0.25) is 0 Å². The highest BCUT2D eigenvalue weighted by atomic mass is 79.9. The average Bonchev–Trinajstić information content (AvgIpc) is 1.89. The van der Waals surface area contributed by atoms with Gasteiger partial charge in [-0.25, -0.2) is 4.79 Å². The van der Waals surface area contributed by atoms with Crippen LogP contribution < -0.4 is 0 Å². The molecule has 0 aromatic rings. The number of halogens is 1. The maximum absolute atomic E-state index is 9.48. The zero-order valence-corrected chi connectivity index (χ0v) is 6.82. The van der Waals surface area contributed by atoms with Gasteiger partial charge in [0.05, 0.1) is 6.61 Å². The molecule has 0 spiro atoms. The summed E-state index contributed by atoms with van der Waals surface area (Å²) < 4.78 is 4.36. The third kappa shape index (κ3) is 7.95. The Morgan fingerprint density at radius 3 is 2.67 bits per heavy atom. The van der Waals surface area contributed by atoms with Gasteiger partial charge in [0.25, 0.3) is 0 Å². The zero-order valence-electron chi connectivity index (χ0n) is 5.23. The number of ether oxygens (including phenoxy) is 1. The molecule has 0 aliphatic rings. The summed E-state index contributed by atoms with van der Waals surface area (Å²) in [5.41, 5.74) is 0. The van der Waals surface area contributed by atoms with Crippen molar-refractivity contribution >= 4 is 22.4 Å². The Balaban J connectivity index is 2.66. The average molecular weight is 194 g/mol. The minimum Gasteiger partial charge on any atom is -0.457 e. The predicted octanol–water partition coefficient (Wildman–Crippen LogP) is 1.64. The Labute approximate surface area is 63.7 Å². The first-order chi connectivity index (χ1) is 4.41. The SMILES string of the molecule is O=[C]OCCCCCBr. The summed E-state index contributed by atoms with van der Waals surface area (Å²) in [7, 11) is 0. The number of alkyl halides is 1. The molecule has 0 rings (SSSR count). The van der Waals surface area contributed by atoms with Gasteiger partial charge in [-0.15, -0.1) is 0 Å². The van der Waals surface area contributed by atoms with Crippen LogP contribution in [0.15, 0.2) is 0 Å². The Morgan fingerprint density at radius 1 is 1.33 bits per heavy atom. The van der Waals surface area contributed by atoms with Crippen LogP contribution in [-0.2, 0) is 9.53 Å². The molecule has 3 heteroatoms. The largest absolute Gasteiger partial charge is 0.457 e. The van der Waals surface area contributed by atoms with Gasteiger partial charge in [0.15, 0.2) is 0 Å². The lowest BCUT2D eigenvalue weighted by Gasteiger charge is -1.94. The van der Waals surface area contributed by atoms with Gasteiger partial charge in [-0.3, -0.25) is 0 Å². The highest BCUT2D eigenvalue weighted by molar-refractivity contribution is 9.09. The molecule has 0 bridgehead atoms. The summed E-state index contributed by atoms with van der Waals surface area (Å²) in [5.74, 6) is 0. The molecule has 0 aliphatic carbocycles. The minimum absolute atomic E-state index is 0.510. The van der Waals surface area contributed by atoms with E-state index in [4.69, 9.17) is 0 Å². The van der Waals surface area contributed by atoms with E-state index in [9.17, 15) is 4.79 Å². The highest BCUT2D eigenvalue weighted by Crippen LogP contribution is 1.97. The lowest BCUT2D eigenvalue weighted by Crippen LogP contribution is -1.90. The van der Waals surface area contributed by atoms with Crippen LogP contribution in [0.5, 0.6) is 0 Å². The maximum atomic E-state index is 9.48. The molecule has 0 atom stereocenters. The van der Waals surface area contributed by atoms with Crippen LogP contribution in [0, 0.1) is 0 Å². The van der Waals surface area contributed by atoms with Crippen molar-refractivity contribution in [2.45, 2.75) is 19.3 Å². The third-order valence-electron chi connectivity index (χ3n) is 0.939. The summed E-state index contributed by atoms with van der Waals surface area (Å²) >= 11 is 3.30. The first-order valence-corrected chi connectivity index (χ1v) is 4.09. The van der Waals surface area contributed by atoms with E-state index in [-0.39, 0.29) is 0 Å². The van der Waals surface area contributed by atoms with Crippen molar-refractivity contribution in [2.75, 3.05) is 11.9 Å². The predicted molar refractivity (Wildman–Crippen MR) is 39.3 cm³/mol. The Morgan fingerprint density at radius 2 is 2.11 bits per heavy atom. The van der Waals surface area contributed by atoms with Gasteiger partial charge in [-0.2, -0.15) is 0 Å². The number of unbranched alkanes of at least 4 members (excludes halogenated alkanes) is 2. The van der Waals surface area contributed by atoms with Crippen LogP contribution in [0.25, 0.3) is 0 Å². The van der Waals surface area contributed by atoms with Gasteiger partial charge >= 0.3 is 6.47 Å².